The fraction of sp³-hybridized carbons (Fsp3) is 0.125. The van der Waals surface area contributed by atoms with E-state index >= 15 is 0 Å². The van der Waals surface area contributed by atoms with E-state index in [9.17, 15) is 18.4 Å². The van der Waals surface area contributed by atoms with E-state index in [0.29, 0.717) is 0 Å². The Kier molecular flexibility index (Phi) is 5.65. The van der Waals surface area contributed by atoms with Crippen molar-refractivity contribution in [1.82, 2.24) is 5.32 Å². The van der Waals surface area contributed by atoms with E-state index in [1.165, 1.54) is 18.2 Å². The molecule has 1 amide bonds. The third-order valence-corrected chi connectivity index (χ3v) is 3.25. The van der Waals surface area contributed by atoms with Gasteiger partial charge in [-0.2, -0.15) is 0 Å². The summed E-state index contributed by atoms with van der Waals surface area (Å²) < 4.78 is 31.0. The Morgan fingerprint density at radius 2 is 1.87 bits per heavy atom. The average Bonchev–Trinajstić information content (AvgIpc) is 2.52. The van der Waals surface area contributed by atoms with Crippen molar-refractivity contribution >= 4 is 23.5 Å². The lowest BCUT2D eigenvalue weighted by molar-refractivity contribution is -0.124. The summed E-state index contributed by atoms with van der Waals surface area (Å²) in [5.41, 5.74) is 0.267. The van der Waals surface area contributed by atoms with Crippen LogP contribution >= 0.6 is 11.6 Å². The Labute approximate surface area is 136 Å². The van der Waals surface area contributed by atoms with Crippen LogP contribution in [0, 0.1) is 11.6 Å². The fourth-order valence-corrected chi connectivity index (χ4v) is 1.96. The fourth-order valence-electron chi connectivity index (χ4n) is 1.75. The summed E-state index contributed by atoms with van der Waals surface area (Å²) in [7, 11) is 0. The lowest BCUT2D eigenvalue weighted by Gasteiger charge is -2.08. The molecule has 0 bridgehead atoms. The zero-order valence-electron chi connectivity index (χ0n) is 11.8. The SMILES string of the molecule is O=C(COC(=O)c1ccccc1Cl)NCc1ccc(F)cc1F. The second-order valence-electron chi connectivity index (χ2n) is 4.57. The molecule has 0 aliphatic carbocycles. The molecule has 0 aliphatic rings. The largest absolute Gasteiger partial charge is 0.452 e. The van der Waals surface area contributed by atoms with Gasteiger partial charge >= 0.3 is 5.97 Å². The van der Waals surface area contributed by atoms with E-state index in [1.807, 2.05) is 0 Å². The number of amides is 1. The number of hydrogen-bond donors (Lipinski definition) is 1. The van der Waals surface area contributed by atoms with Gasteiger partial charge in [0.05, 0.1) is 10.6 Å². The van der Waals surface area contributed by atoms with Gasteiger partial charge in [0.1, 0.15) is 11.6 Å². The maximum absolute atomic E-state index is 13.4. The molecule has 4 nitrogen and oxygen atoms in total. The van der Waals surface area contributed by atoms with Crippen molar-refractivity contribution in [3.8, 4) is 0 Å². The van der Waals surface area contributed by atoms with Crippen LogP contribution in [0.1, 0.15) is 15.9 Å². The van der Waals surface area contributed by atoms with Crippen molar-refractivity contribution in [2.24, 2.45) is 0 Å². The Bertz CT molecular complexity index is 737. The Morgan fingerprint density at radius 1 is 1.13 bits per heavy atom. The van der Waals surface area contributed by atoms with Crippen LogP contribution in [0.15, 0.2) is 42.5 Å². The molecule has 0 fully saturated rings. The minimum absolute atomic E-state index is 0.122. The predicted octanol–water partition coefficient (Wildman–Crippen LogP) is 3.09. The van der Waals surface area contributed by atoms with E-state index in [1.54, 1.807) is 12.1 Å². The van der Waals surface area contributed by atoms with Gasteiger partial charge in [0.25, 0.3) is 5.91 Å². The highest BCUT2D eigenvalue weighted by Crippen LogP contribution is 2.15. The van der Waals surface area contributed by atoms with E-state index < -0.39 is 30.1 Å². The smallest absolute Gasteiger partial charge is 0.340 e. The monoisotopic (exact) mass is 339 g/mol. The molecule has 0 unspecified atom stereocenters. The summed E-state index contributed by atoms with van der Waals surface area (Å²) in [5.74, 6) is -2.82. The van der Waals surface area contributed by atoms with Gasteiger partial charge in [-0.25, -0.2) is 13.6 Å². The van der Waals surface area contributed by atoms with Crippen LogP contribution in [0.4, 0.5) is 8.78 Å². The minimum Gasteiger partial charge on any atom is -0.452 e. The molecule has 120 valence electrons. The van der Waals surface area contributed by atoms with Crippen LogP contribution in [0.25, 0.3) is 0 Å². The normalized spacial score (nSPS) is 10.2. The highest BCUT2D eigenvalue weighted by molar-refractivity contribution is 6.33. The molecule has 0 aliphatic heterocycles. The van der Waals surface area contributed by atoms with Crippen molar-refractivity contribution in [3.05, 3.63) is 70.2 Å². The molecule has 0 radical (unpaired) electrons. The quantitative estimate of drug-likeness (QED) is 0.852. The van der Waals surface area contributed by atoms with Crippen molar-refractivity contribution in [1.29, 1.82) is 0 Å². The number of carbonyl (C=O) groups is 2. The van der Waals surface area contributed by atoms with Crippen LogP contribution < -0.4 is 5.32 Å². The van der Waals surface area contributed by atoms with E-state index in [0.717, 1.165) is 12.1 Å². The van der Waals surface area contributed by atoms with Gasteiger partial charge in [-0.1, -0.05) is 29.8 Å². The van der Waals surface area contributed by atoms with Gasteiger partial charge in [-0.15, -0.1) is 0 Å². The number of ether oxygens (including phenoxy) is 1. The first-order chi connectivity index (χ1) is 11.0. The summed E-state index contributed by atoms with van der Waals surface area (Å²) in [6.45, 7) is -0.679. The number of esters is 1. The number of benzene rings is 2. The molecule has 2 rings (SSSR count). The van der Waals surface area contributed by atoms with E-state index in [2.05, 4.69) is 5.32 Å². The summed E-state index contributed by atoms with van der Waals surface area (Å²) in [4.78, 5) is 23.3. The highest BCUT2D eigenvalue weighted by atomic mass is 35.5. The first-order valence-electron chi connectivity index (χ1n) is 6.59. The molecule has 0 spiro atoms. The molecular formula is C16H12ClF2NO3. The second kappa shape index (κ2) is 7.69. The van der Waals surface area contributed by atoms with Crippen LogP contribution in [0.5, 0.6) is 0 Å². The van der Waals surface area contributed by atoms with Gasteiger partial charge in [0.15, 0.2) is 6.61 Å². The molecule has 2 aromatic carbocycles. The standard InChI is InChI=1S/C16H12ClF2NO3/c17-13-4-2-1-3-12(13)16(22)23-9-15(21)20-8-10-5-6-11(18)7-14(10)19/h1-7H,8-9H2,(H,20,21). The summed E-state index contributed by atoms with van der Waals surface area (Å²) in [5, 5.41) is 2.58. The first-order valence-corrected chi connectivity index (χ1v) is 6.97. The van der Waals surface area contributed by atoms with Crippen LogP contribution in [0.2, 0.25) is 5.02 Å². The summed E-state index contributed by atoms with van der Waals surface area (Å²) in [6.07, 6.45) is 0. The van der Waals surface area contributed by atoms with Gasteiger partial charge in [0, 0.05) is 18.2 Å². The molecule has 1 N–H and O–H groups in total. The number of rotatable bonds is 5. The van der Waals surface area contributed by atoms with Crippen molar-refractivity contribution in [2.45, 2.75) is 6.54 Å². The Morgan fingerprint density at radius 3 is 2.57 bits per heavy atom. The van der Waals surface area contributed by atoms with Crippen molar-refractivity contribution in [2.75, 3.05) is 6.61 Å². The zero-order chi connectivity index (χ0) is 16.8. The highest BCUT2D eigenvalue weighted by Gasteiger charge is 2.13. The maximum Gasteiger partial charge on any atom is 0.340 e. The number of carbonyl (C=O) groups excluding carboxylic acids is 2. The van der Waals surface area contributed by atoms with E-state index in [-0.39, 0.29) is 22.7 Å². The molecule has 0 saturated carbocycles. The van der Waals surface area contributed by atoms with Crippen LogP contribution in [-0.2, 0) is 16.1 Å². The molecule has 0 aromatic heterocycles. The number of hydrogen-bond acceptors (Lipinski definition) is 3. The van der Waals surface area contributed by atoms with Gasteiger partial charge < -0.3 is 10.1 Å². The van der Waals surface area contributed by atoms with Crippen molar-refractivity contribution < 1.29 is 23.1 Å². The van der Waals surface area contributed by atoms with Crippen LogP contribution in [-0.4, -0.2) is 18.5 Å². The molecule has 2 aromatic rings. The predicted molar refractivity (Wildman–Crippen MR) is 79.9 cm³/mol. The number of nitrogens with one attached hydrogen (secondary N) is 1. The molecular weight excluding hydrogens is 328 g/mol. The van der Waals surface area contributed by atoms with E-state index in [4.69, 9.17) is 16.3 Å². The van der Waals surface area contributed by atoms with Gasteiger partial charge in [-0.3, -0.25) is 4.79 Å². The van der Waals surface area contributed by atoms with Gasteiger partial charge in [0.2, 0.25) is 0 Å². The third-order valence-electron chi connectivity index (χ3n) is 2.92. The number of halogens is 3. The third kappa shape index (κ3) is 4.75. The lowest BCUT2D eigenvalue weighted by atomic mass is 10.2. The molecule has 0 heterocycles. The topological polar surface area (TPSA) is 55.4 Å². The molecule has 23 heavy (non-hydrogen) atoms. The lowest BCUT2D eigenvalue weighted by Crippen LogP contribution is -2.28. The molecule has 0 atom stereocenters. The molecule has 0 saturated heterocycles. The van der Waals surface area contributed by atoms with Gasteiger partial charge in [-0.05, 0) is 18.2 Å². The average molecular weight is 340 g/mol. The zero-order valence-corrected chi connectivity index (χ0v) is 12.6. The Balaban J connectivity index is 1.83. The first kappa shape index (κ1) is 16.9. The van der Waals surface area contributed by atoms with Crippen LogP contribution in [0.3, 0.4) is 0 Å². The summed E-state index contributed by atoms with van der Waals surface area (Å²) >= 11 is 5.83. The van der Waals surface area contributed by atoms with Crippen molar-refractivity contribution in [3.63, 3.8) is 0 Å². The maximum atomic E-state index is 13.4. The summed E-state index contributed by atoms with van der Waals surface area (Å²) in [6, 6.07) is 9.29. The molecule has 7 heteroatoms. The minimum atomic E-state index is -0.765. The Hall–Kier alpha value is -2.47. The second-order valence-corrected chi connectivity index (χ2v) is 4.98.